The van der Waals surface area contributed by atoms with E-state index in [0.29, 0.717) is 12.3 Å². The van der Waals surface area contributed by atoms with Gasteiger partial charge in [-0.3, -0.25) is 4.79 Å². The number of hydrogen-bond donors (Lipinski definition) is 0. The lowest BCUT2D eigenvalue weighted by atomic mass is 9.77. The first-order valence-electron chi connectivity index (χ1n) is 12.1. The van der Waals surface area contributed by atoms with Gasteiger partial charge in [0.1, 0.15) is 6.04 Å². The number of carbonyl (C=O) groups is 1. The Morgan fingerprint density at radius 2 is 1.43 bits per heavy atom. The summed E-state index contributed by atoms with van der Waals surface area (Å²) in [5.41, 5.74) is 4.11. The molecular weight excluding hydrogens is 432 g/mol. The maximum atomic E-state index is 14.0. The number of rotatable bonds is 5. The van der Waals surface area contributed by atoms with E-state index in [2.05, 4.69) is 58.4 Å². The van der Waals surface area contributed by atoms with E-state index in [1.807, 2.05) is 66.7 Å². The summed E-state index contributed by atoms with van der Waals surface area (Å²) < 4.78 is 6.76. The number of hydrogen-bond acceptors (Lipinski definition) is 3. The van der Waals surface area contributed by atoms with Crippen molar-refractivity contribution in [1.82, 2.24) is 0 Å². The van der Waals surface area contributed by atoms with Gasteiger partial charge in [-0.25, -0.2) is 0 Å². The summed E-state index contributed by atoms with van der Waals surface area (Å²) in [4.78, 5) is 20.9. The Morgan fingerprint density at radius 3 is 2.17 bits per heavy atom. The Bertz CT molecular complexity index is 1370. The predicted molar refractivity (Wildman–Crippen MR) is 139 cm³/mol. The van der Waals surface area contributed by atoms with E-state index < -0.39 is 5.60 Å². The Morgan fingerprint density at radius 1 is 0.800 bits per heavy atom. The summed E-state index contributed by atoms with van der Waals surface area (Å²) in [5, 5.41) is 0. The standard InChI is InChI=1S/C31H26N2O2/c34-30-31(22-23-12-4-1-5-13-23,35-29(32-30)25-15-6-2-7-16-25)28-27-19-11-10-14-24(27)20-21-33(28)26-17-8-3-9-18-26/h1-19,28H,20-22H2/t28-,31+/m0/s1. The lowest BCUT2D eigenvalue weighted by Crippen LogP contribution is -2.55. The molecule has 0 aliphatic carbocycles. The molecule has 35 heavy (non-hydrogen) atoms. The van der Waals surface area contributed by atoms with Gasteiger partial charge in [0.05, 0.1) is 0 Å². The molecule has 0 N–H and O–H groups in total. The van der Waals surface area contributed by atoms with Gasteiger partial charge >= 0.3 is 0 Å². The zero-order valence-electron chi connectivity index (χ0n) is 19.4. The van der Waals surface area contributed by atoms with Crippen molar-refractivity contribution in [3.63, 3.8) is 0 Å². The second-order valence-electron chi connectivity index (χ2n) is 9.12. The fourth-order valence-corrected chi connectivity index (χ4v) is 5.38. The number of fused-ring (bicyclic) bond motifs is 1. The number of amides is 1. The largest absolute Gasteiger partial charge is 0.457 e. The van der Waals surface area contributed by atoms with Crippen LogP contribution < -0.4 is 4.90 Å². The molecule has 2 heterocycles. The van der Waals surface area contributed by atoms with Crippen LogP contribution in [0.15, 0.2) is 120 Å². The van der Waals surface area contributed by atoms with Gasteiger partial charge in [0.2, 0.25) is 11.5 Å². The molecule has 2 aliphatic heterocycles. The normalized spacial score (nSPS) is 21.3. The Labute approximate surface area is 205 Å². The summed E-state index contributed by atoms with van der Waals surface area (Å²) >= 11 is 0. The maximum Gasteiger partial charge on any atom is 0.296 e. The highest BCUT2D eigenvalue weighted by Crippen LogP contribution is 2.46. The molecule has 6 rings (SSSR count). The zero-order valence-corrected chi connectivity index (χ0v) is 19.4. The molecule has 0 radical (unpaired) electrons. The van der Waals surface area contributed by atoms with Crippen molar-refractivity contribution in [3.05, 3.63) is 138 Å². The van der Waals surface area contributed by atoms with Crippen LogP contribution in [-0.2, 0) is 22.4 Å². The lowest BCUT2D eigenvalue weighted by Gasteiger charge is -2.46. The van der Waals surface area contributed by atoms with Gasteiger partial charge in [-0.05, 0) is 47.4 Å². The Balaban J connectivity index is 1.53. The molecule has 0 saturated carbocycles. The summed E-state index contributed by atoms with van der Waals surface area (Å²) in [7, 11) is 0. The minimum absolute atomic E-state index is 0.233. The number of para-hydroxylation sites is 1. The van der Waals surface area contributed by atoms with E-state index in [4.69, 9.17) is 4.74 Å². The molecule has 172 valence electrons. The third-order valence-electron chi connectivity index (χ3n) is 6.99. The number of aliphatic imine (C=N–C) groups is 1. The first-order valence-corrected chi connectivity index (χ1v) is 12.1. The van der Waals surface area contributed by atoms with E-state index in [-0.39, 0.29) is 11.9 Å². The van der Waals surface area contributed by atoms with E-state index in [0.717, 1.165) is 35.3 Å². The number of nitrogens with zero attached hydrogens (tertiary/aromatic N) is 2. The highest BCUT2D eigenvalue weighted by molar-refractivity contribution is 6.10. The van der Waals surface area contributed by atoms with Crippen molar-refractivity contribution in [1.29, 1.82) is 0 Å². The van der Waals surface area contributed by atoms with Gasteiger partial charge in [0.15, 0.2) is 0 Å². The summed E-state index contributed by atoms with van der Waals surface area (Å²) in [6.07, 6.45) is 1.33. The third kappa shape index (κ3) is 3.81. The molecular formula is C31H26N2O2. The average molecular weight is 459 g/mol. The van der Waals surface area contributed by atoms with Gasteiger partial charge in [-0.15, -0.1) is 0 Å². The molecule has 2 aliphatic rings. The molecule has 0 aromatic heterocycles. The Kier molecular flexibility index (Phi) is 5.42. The second-order valence-corrected chi connectivity index (χ2v) is 9.12. The predicted octanol–water partition coefficient (Wildman–Crippen LogP) is 5.78. The van der Waals surface area contributed by atoms with Gasteiger partial charge in [-0.1, -0.05) is 91.0 Å². The molecule has 0 bridgehead atoms. The highest BCUT2D eigenvalue weighted by atomic mass is 16.5. The SMILES string of the molecule is O=C1N=C(c2ccccc2)O[C@]1(Cc1ccccc1)[C@@H]1c2ccccc2CCN1c1ccccc1. The fraction of sp³-hybridized carbons (Fsp3) is 0.161. The van der Waals surface area contributed by atoms with Crippen LogP contribution >= 0.6 is 0 Å². The topological polar surface area (TPSA) is 41.9 Å². The maximum absolute atomic E-state index is 14.0. The van der Waals surface area contributed by atoms with E-state index in [1.165, 1.54) is 5.56 Å². The van der Waals surface area contributed by atoms with Crippen LogP contribution in [0.25, 0.3) is 0 Å². The third-order valence-corrected chi connectivity index (χ3v) is 6.99. The van der Waals surface area contributed by atoms with E-state index in [1.54, 1.807) is 0 Å². The number of ether oxygens (including phenoxy) is 1. The zero-order chi connectivity index (χ0) is 23.7. The molecule has 4 heteroatoms. The van der Waals surface area contributed by atoms with Gasteiger partial charge in [0.25, 0.3) is 5.91 Å². The van der Waals surface area contributed by atoms with Crippen LogP contribution in [-0.4, -0.2) is 24.0 Å². The summed E-state index contributed by atoms with van der Waals surface area (Å²) in [6.45, 7) is 0.791. The molecule has 0 fully saturated rings. The molecule has 4 nitrogen and oxygen atoms in total. The van der Waals surface area contributed by atoms with Crippen LogP contribution in [0.2, 0.25) is 0 Å². The van der Waals surface area contributed by atoms with Crippen molar-refractivity contribution >= 4 is 17.5 Å². The highest BCUT2D eigenvalue weighted by Gasteiger charge is 2.56. The van der Waals surface area contributed by atoms with Crippen LogP contribution in [0.1, 0.15) is 28.3 Å². The Hall–Kier alpha value is -4.18. The minimum Gasteiger partial charge on any atom is -0.457 e. The van der Waals surface area contributed by atoms with Crippen LogP contribution in [0, 0.1) is 0 Å². The van der Waals surface area contributed by atoms with Crippen LogP contribution in [0.5, 0.6) is 0 Å². The average Bonchev–Trinajstić information content (AvgIpc) is 3.26. The van der Waals surface area contributed by atoms with Crippen molar-refractivity contribution in [3.8, 4) is 0 Å². The second kappa shape index (κ2) is 8.88. The first kappa shape index (κ1) is 21.4. The molecule has 4 aromatic rings. The smallest absolute Gasteiger partial charge is 0.296 e. The molecule has 0 spiro atoms. The minimum atomic E-state index is -1.20. The monoisotopic (exact) mass is 458 g/mol. The summed E-state index contributed by atoms with van der Waals surface area (Å²) in [6, 6.07) is 38.2. The van der Waals surface area contributed by atoms with Crippen molar-refractivity contribution < 1.29 is 9.53 Å². The molecule has 0 saturated heterocycles. The van der Waals surface area contributed by atoms with Gasteiger partial charge < -0.3 is 9.64 Å². The number of benzene rings is 4. The summed E-state index contributed by atoms with van der Waals surface area (Å²) in [5.74, 6) is 0.158. The number of anilines is 1. The molecule has 0 unspecified atom stereocenters. The van der Waals surface area contributed by atoms with E-state index >= 15 is 0 Å². The molecule has 1 amide bonds. The van der Waals surface area contributed by atoms with Crippen molar-refractivity contribution in [2.24, 2.45) is 4.99 Å². The van der Waals surface area contributed by atoms with Crippen molar-refractivity contribution in [2.75, 3.05) is 11.4 Å². The quantitative estimate of drug-likeness (QED) is 0.381. The lowest BCUT2D eigenvalue weighted by molar-refractivity contribution is -0.133. The van der Waals surface area contributed by atoms with Gasteiger partial charge in [0, 0.05) is 24.2 Å². The first-order chi connectivity index (χ1) is 17.2. The van der Waals surface area contributed by atoms with Crippen LogP contribution in [0.4, 0.5) is 5.69 Å². The van der Waals surface area contributed by atoms with Gasteiger partial charge in [-0.2, -0.15) is 4.99 Å². The van der Waals surface area contributed by atoms with Crippen molar-refractivity contribution in [2.45, 2.75) is 24.5 Å². The fourth-order valence-electron chi connectivity index (χ4n) is 5.38. The van der Waals surface area contributed by atoms with E-state index in [9.17, 15) is 4.79 Å². The van der Waals surface area contributed by atoms with Crippen LogP contribution in [0.3, 0.4) is 0 Å². The molecule has 4 aromatic carbocycles. The molecule has 2 atom stereocenters. The number of carbonyl (C=O) groups excluding carboxylic acids is 1.